The lowest BCUT2D eigenvalue weighted by Crippen LogP contribution is -2.35. The number of nitrogens with zero attached hydrogens (tertiary/aromatic N) is 3. The molecule has 1 amide bonds. The van der Waals surface area contributed by atoms with E-state index in [1.54, 1.807) is 6.07 Å². The predicted molar refractivity (Wildman–Crippen MR) is 113 cm³/mol. The largest absolute Gasteiger partial charge is 0.366 e. The molecular formula is C22H25ClN4O. The third-order valence-corrected chi connectivity index (χ3v) is 6.05. The third kappa shape index (κ3) is 3.77. The van der Waals surface area contributed by atoms with Gasteiger partial charge in [-0.3, -0.25) is 4.79 Å². The number of hydrogen-bond acceptors (Lipinski definition) is 3. The Morgan fingerprint density at radius 3 is 2.57 bits per heavy atom. The molecule has 0 spiro atoms. The van der Waals surface area contributed by atoms with Gasteiger partial charge in [0.05, 0.1) is 11.1 Å². The molecule has 5 nitrogen and oxygen atoms in total. The number of imidazole rings is 1. The highest BCUT2D eigenvalue weighted by molar-refractivity contribution is 6.30. The Kier molecular flexibility index (Phi) is 5.38. The van der Waals surface area contributed by atoms with E-state index in [-0.39, 0.29) is 0 Å². The predicted octanol–water partition coefficient (Wildman–Crippen LogP) is 3.75. The molecular weight excluding hydrogens is 372 g/mol. The summed E-state index contributed by atoms with van der Waals surface area (Å²) >= 11 is 5.96. The lowest BCUT2D eigenvalue weighted by atomic mass is 9.95. The molecule has 0 saturated carbocycles. The first kappa shape index (κ1) is 19.0. The van der Waals surface area contributed by atoms with E-state index < -0.39 is 5.91 Å². The molecule has 0 aliphatic carbocycles. The second kappa shape index (κ2) is 7.94. The number of para-hydroxylation sites is 1. The average Bonchev–Trinajstić information content (AvgIpc) is 3.04. The van der Waals surface area contributed by atoms with Crippen molar-refractivity contribution in [2.24, 2.45) is 12.8 Å². The molecule has 1 aromatic heterocycles. The fourth-order valence-electron chi connectivity index (χ4n) is 4.15. The number of hydrogen-bond donors (Lipinski definition) is 1. The van der Waals surface area contributed by atoms with Crippen LogP contribution in [-0.4, -0.2) is 40.0 Å². The van der Waals surface area contributed by atoms with Gasteiger partial charge in [-0.05, 0) is 62.2 Å². The minimum Gasteiger partial charge on any atom is -0.366 e. The summed E-state index contributed by atoms with van der Waals surface area (Å²) in [6, 6.07) is 13.7. The second-order valence-corrected chi connectivity index (χ2v) is 8.00. The second-order valence-electron chi connectivity index (χ2n) is 7.56. The number of primary amides is 1. The van der Waals surface area contributed by atoms with Crippen molar-refractivity contribution in [2.75, 3.05) is 19.6 Å². The molecule has 4 rings (SSSR count). The molecule has 1 aliphatic heterocycles. The van der Waals surface area contributed by atoms with Crippen molar-refractivity contribution < 1.29 is 4.79 Å². The van der Waals surface area contributed by atoms with Gasteiger partial charge >= 0.3 is 0 Å². The highest BCUT2D eigenvalue weighted by atomic mass is 35.5. The Balaban J connectivity index is 1.42. The highest BCUT2D eigenvalue weighted by Crippen LogP contribution is 2.30. The first-order valence-corrected chi connectivity index (χ1v) is 10.1. The van der Waals surface area contributed by atoms with Crippen LogP contribution in [0.4, 0.5) is 0 Å². The van der Waals surface area contributed by atoms with Crippen LogP contribution >= 0.6 is 11.6 Å². The number of carbonyl (C=O) groups is 1. The number of halogens is 1. The Morgan fingerprint density at radius 1 is 1.18 bits per heavy atom. The summed E-state index contributed by atoms with van der Waals surface area (Å²) in [6.07, 6.45) is 3.18. The number of benzene rings is 2. The minimum absolute atomic E-state index is 0.407. The standard InChI is InChI=1S/C22H25ClN4O/c1-26-19-4-2-3-18(21(24)28)20(19)25-22(26)16-10-13-27(14-11-16)12-9-15-5-7-17(23)8-6-15/h2-8,16H,9-14H2,1H3,(H2,24,28). The van der Waals surface area contributed by atoms with E-state index in [0.29, 0.717) is 11.5 Å². The zero-order chi connectivity index (χ0) is 19.7. The summed E-state index contributed by atoms with van der Waals surface area (Å²) in [5, 5.41) is 0.784. The Bertz CT molecular complexity index is 988. The molecule has 2 N–H and O–H groups in total. The normalized spacial score (nSPS) is 15.9. The molecule has 0 radical (unpaired) electrons. The van der Waals surface area contributed by atoms with Gasteiger partial charge in [-0.2, -0.15) is 0 Å². The number of aromatic nitrogens is 2. The van der Waals surface area contributed by atoms with Crippen LogP contribution in [0.3, 0.4) is 0 Å². The molecule has 1 aliphatic rings. The molecule has 2 heterocycles. The number of fused-ring (bicyclic) bond motifs is 1. The van der Waals surface area contributed by atoms with Gasteiger partial charge < -0.3 is 15.2 Å². The van der Waals surface area contributed by atoms with Crippen LogP contribution in [0.25, 0.3) is 11.0 Å². The van der Waals surface area contributed by atoms with Gasteiger partial charge in [-0.15, -0.1) is 0 Å². The zero-order valence-electron chi connectivity index (χ0n) is 16.1. The summed E-state index contributed by atoms with van der Waals surface area (Å²) in [6.45, 7) is 3.18. The van der Waals surface area contributed by atoms with E-state index in [4.69, 9.17) is 22.3 Å². The van der Waals surface area contributed by atoms with Crippen molar-refractivity contribution >= 4 is 28.5 Å². The van der Waals surface area contributed by atoms with Crippen molar-refractivity contribution in [3.8, 4) is 0 Å². The van der Waals surface area contributed by atoms with E-state index in [1.807, 2.05) is 31.3 Å². The van der Waals surface area contributed by atoms with Gasteiger partial charge in [0.25, 0.3) is 5.91 Å². The van der Waals surface area contributed by atoms with Gasteiger partial charge in [0.15, 0.2) is 0 Å². The van der Waals surface area contributed by atoms with E-state index in [1.165, 1.54) is 5.56 Å². The summed E-state index contributed by atoms with van der Waals surface area (Å²) in [5.74, 6) is 1.04. The van der Waals surface area contributed by atoms with Gasteiger partial charge in [-0.25, -0.2) is 4.98 Å². The van der Waals surface area contributed by atoms with E-state index in [0.717, 1.165) is 60.8 Å². The van der Waals surface area contributed by atoms with Crippen LogP contribution in [0.5, 0.6) is 0 Å². The Morgan fingerprint density at radius 2 is 1.89 bits per heavy atom. The lowest BCUT2D eigenvalue weighted by molar-refractivity contribution is 0.100. The molecule has 1 fully saturated rings. The van der Waals surface area contributed by atoms with Crippen molar-refractivity contribution in [2.45, 2.75) is 25.2 Å². The molecule has 0 unspecified atom stereocenters. The van der Waals surface area contributed by atoms with Crippen LogP contribution in [0, 0.1) is 0 Å². The fourth-order valence-corrected chi connectivity index (χ4v) is 4.28. The van der Waals surface area contributed by atoms with Gasteiger partial charge in [0.1, 0.15) is 11.3 Å². The maximum atomic E-state index is 11.7. The van der Waals surface area contributed by atoms with Crippen molar-refractivity contribution in [1.29, 1.82) is 0 Å². The SMILES string of the molecule is Cn1c(C2CCN(CCc3ccc(Cl)cc3)CC2)nc2c(C(N)=O)cccc21. The Labute approximate surface area is 170 Å². The topological polar surface area (TPSA) is 64.2 Å². The monoisotopic (exact) mass is 396 g/mol. The molecule has 0 bridgehead atoms. The number of carbonyl (C=O) groups excluding carboxylic acids is 1. The Hall–Kier alpha value is -2.37. The van der Waals surface area contributed by atoms with E-state index in [2.05, 4.69) is 21.6 Å². The van der Waals surface area contributed by atoms with Gasteiger partial charge in [0, 0.05) is 24.5 Å². The van der Waals surface area contributed by atoms with Crippen LogP contribution in [0.15, 0.2) is 42.5 Å². The zero-order valence-corrected chi connectivity index (χ0v) is 16.8. The van der Waals surface area contributed by atoms with Crippen molar-refractivity contribution in [3.63, 3.8) is 0 Å². The fraction of sp³-hybridized carbons (Fsp3) is 0.364. The third-order valence-electron chi connectivity index (χ3n) is 5.79. The molecule has 28 heavy (non-hydrogen) atoms. The quantitative estimate of drug-likeness (QED) is 0.714. The van der Waals surface area contributed by atoms with E-state index in [9.17, 15) is 4.79 Å². The number of aryl methyl sites for hydroxylation is 1. The summed E-state index contributed by atoms with van der Waals surface area (Å²) in [4.78, 5) is 19.1. The number of piperidine rings is 1. The summed E-state index contributed by atoms with van der Waals surface area (Å²) in [5.41, 5.74) is 9.03. The van der Waals surface area contributed by atoms with Crippen LogP contribution in [0.1, 0.15) is 40.5 Å². The van der Waals surface area contributed by atoms with Gasteiger partial charge in [0.2, 0.25) is 0 Å². The molecule has 2 aromatic carbocycles. The summed E-state index contributed by atoms with van der Waals surface area (Å²) < 4.78 is 2.12. The summed E-state index contributed by atoms with van der Waals surface area (Å²) in [7, 11) is 2.03. The van der Waals surface area contributed by atoms with Crippen LogP contribution < -0.4 is 5.73 Å². The van der Waals surface area contributed by atoms with Crippen LogP contribution in [0.2, 0.25) is 5.02 Å². The van der Waals surface area contributed by atoms with Crippen molar-refractivity contribution in [3.05, 3.63) is 64.4 Å². The molecule has 0 atom stereocenters. The first-order valence-electron chi connectivity index (χ1n) is 9.75. The number of rotatable bonds is 5. The highest BCUT2D eigenvalue weighted by Gasteiger charge is 2.25. The number of nitrogens with two attached hydrogens (primary N) is 1. The molecule has 146 valence electrons. The molecule has 1 saturated heterocycles. The number of amides is 1. The molecule has 6 heteroatoms. The maximum absolute atomic E-state index is 11.7. The molecule has 3 aromatic rings. The first-order chi connectivity index (χ1) is 13.5. The van der Waals surface area contributed by atoms with Crippen LogP contribution in [-0.2, 0) is 13.5 Å². The number of likely N-dealkylation sites (tertiary alicyclic amines) is 1. The van der Waals surface area contributed by atoms with Gasteiger partial charge in [-0.1, -0.05) is 29.8 Å². The maximum Gasteiger partial charge on any atom is 0.250 e. The smallest absolute Gasteiger partial charge is 0.250 e. The van der Waals surface area contributed by atoms with Crippen molar-refractivity contribution in [1.82, 2.24) is 14.5 Å². The lowest BCUT2D eigenvalue weighted by Gasteiger charge is -2.31. The average molecular weight is 397 g/mol. The minimum atomic E-state index is -0.424. The van der Waals surface area contributed by atoms with E-state index >= 15 is 0 Å².